The Morgan fingerprint density at radius 2 is 2.12 bits per heavy atom. The lowest BCUT2D eigenvalue weighted by atomic mass is 10.3. The third-order valence-electron chi connectivity index (χ3n) is 2.12. The molecular formula is C11H11N3OS. The van der Waals surface area contributed by atoms with Crippen LogP contribution in [0.2, 0.25) is 0 Å². The van der Waals surface area contributed by atoms with E-state index in [1.165, 1.54) is 18.3 Å². The second kappa shape index (κ2) is 4.40. The van der Waals surface area contributed by atoms with E-state index in [1.807, 2.05) is 24.3 Å². The molecule has 1 aromatic carbocycles. The van der Waals surface area contributed by atoms with Gasteiger partial charge < -0.3 is 0 Å². The molecule has 0 saturated heterocycles. The highest BCUT2D eigenvalue weighted by atomic mass is 32.1. The van der Waals surface area contributed by atoms with E-state index in [9.17, 15) is 4.79 Å². The number of hydrazone groups is 1. The number of nitrogens with one attached hydrogen (secondary N) is 1. The molecule has 82 valence electrons. The molecule has 2 aromatic rings. The van der Waals surface area contributed by atoms with E-state index in [1.54, 1.807) is 6.92 Å². The average molecular weight is 233 g/mol. The second-order valence-electron chi connectivity index (χ2n) is 3.35. The fourth-order valence-corrected chi connectivity index (χ4v) is 1.94. The van der Waals surface area contributed by atoms with Gasteiger partial charge in [-0.05, 0) is 19.1 Å². The quantitative estimate of drug-likeness (QED) is 0.655. The number of benzene rings is 1. The third kappa shape index (κ3) is 2.25. The summed E-state index contributed by atoms with van der Waals surface area (Å²) in [5.74, 6) is -0.0476. The van der Waals surface area contributed by atoms with Gasteiger partial charge in [0.05, 0.1) is 10.2 Å². The molecule has 16 heavy (non-hydrogen) atoms. The molecule has 0 aliphatic rings. The summed E-state index contributed by atoms with van der Waals surface area (Å²) in [5.41, 5.74) is 4.17. The van der Waals surface area contributed by atoms with Crippen molar-refractivity contribution in [1.82, 2.24) is 4.98 Å². The van der Waals surface area contributed by atoms with Gasteiger partial charge in [0.1, 0.15) is 5.71 Å². The van der Waals surface area contributed by atoms with Crippen molar-refractivity contribution >= 4 is 38.2 Å². The molecule has 0 fully saturated rings. The summed E-state index contributed by atoms with van der Waals surface area (Å²) in [6.45, 7) is 3.15. The highest BCUT2D eigenvalue weighted by molar-refractivity contribution is 7.22. The van der Waals surface area contributed by atoms with Crippen molar-refractivity contribution in [1.29, 1.82) is 0 Å². The Balaban J connectivity index is 2.22. The van der Waals surface area contributed by atoms with Gasteiger partial charge >= 0.3 is 0 Å². The highest BCUT2D eigenvalue weighted by Gasteiger charge is 2.02. The van der Waals surface area contributed by atoms with E-state index in [0.717, 1.165) is 10.2 Å². The van der Waals surface area contributed by atoms with Gasteiger partial charge in [0.15, 0.2) is 5.78 Å². The van der Waals surface area contributed by atoms with E-state index in [4.69, 9.17) is 0 Å². The molecule has 0 atom stereocenters. The molecule has 0 bridgehead atoms. The number of ketones is 1. The molecule has 0 unspecified atom stereocenters. The maximum absolute atomic E-state index is 10.9. The number of rotatable bonds is 3. The van der Waals surface area contributed by atoms with Crippen LogP contribution < -0.4 is 5.43 Å². The summed E-state index contributed by atoms with van der Waals surface area (Å²) in [5, 5.41) is 4.65. The Bertz CT molecular complexity index is 526. The molecule has 2 rings (SSSR count). The summed E-state index contributed by atoms with van der Waals surface area (Å²) in [7, 11) is 0. The molecule has 5 heteroatoms. The maximum atomic E-state index is 10.9. The average Bonchev–Trinajstić information content (AvgIpc) is 2.68. The highest BCUT2D eigenvalue weighted by Crippen LogP contribution is 2.25. The first-order valence-electron chi connectivity index (χ1n) is 4.83. The summed E-state index contributed by atoms with van der Waals surface area (Å²) in [6.07, 6.45) is 0. The van der Waals surface area contributed by atoms with E-state index < -0.39 is 0 Å². The number of nitrogens with zero attached hydrogens (tertiary/aromatic N) is 2. The number of carbonyl (C=O) groups is 1. The fourth-order valence-electron chi connectivity index (χ4n) is 1.13. The van der Waals surface area contributed by atoms with E-state index in [0.29, 0.717) is 10.8 Å². The first-order chi connectivity index (χ1) is 7.66. The van der Waals surface area contributed by atoms with Crippen LogP contribution in [0.25, 0.3) is 10.2 Å². The summed E-state index contributed by atoms with van der Waals surface area (Å²) in [4.78, 5) is 15.3. The molecule has 0 radical (unpaired) electrons. The van der Waals surface area contributed by atoms with Crippen molar-refractivity contribution in [3.8, 4) is 0 Å². The van der Waals surface area contributed by atoms with Crippen LogP contribution in [0.3, 0.4) is 0 Å². The number of aromatic nitrogens is 1. The topological polar surface area (TPSA) is 54.4 Å². The first kappa shape index (κ1) is 10.8. The molecule has 1 N–H and O–H groups in total. The second-order valence-corrected chi connectivity index (χ2v) is 4.38. The molecule has 0 saturated carbocycles. The lowest BCUT2D eigenvalue weighted by Crippen LogP contribution is -2.06. The minimum atomic E-state index is -0.0476. The normalized spacial score (nSPS) is 11.8. The molecule has 4 nitrogen and oxygen atoms in total. The predicted molar refractivity (Wildman–Crippen MR) is 67.0 cm³/mol. The molecular weight excluding hydrogens is 222 g/mol. The number of carbonyl (C=O) groups excluding carboxylic acids is 1. The molecule has 0 spiro atoms. The minimum Gasteiger partial charge on any atom is -0.293 e. The molecule has 0 aliphatic carbocycles. The number of para-hydroxylation sites is 1. The van der Waals surface area contributed by atoms with Crippen molar-refractivity contribution in [2.45, 2.75) is 13.8 Å². The van der Waals surface area contributed by atoms with E-state index in [-0.39, 0.29) is 5.78 Å². The smallest absolute Gasteiger partial charge is 0.204 e. The van der Waals surface area contributed by atoms with E-state index in [2.05, 4.69) is 15.5 Å². The van der Waals surface area contributed by atoms with Crippen molar-refractivity contribution in [3.63, 3.8) is 0 Å². The van der Waals surface area contributed by atoms with E-state index >= 15 is 0 Å². The Kier molecular flexibility index (Phi) is 2.96. The van der Waals surface area contributed by atoms with Crippen molar-refractivity contribution in [2.24, 2.45) is 5.10 Å². The maximum Gasteiger partial charge on any atom is 0.204 e. The van der Waals surface area contributed by atoms with Crippen LogP contribution in [-0.2, 0) is 4.79 Å². The largest absolute Gasteiger partial charge is 0.293 e. The van der Waals surface area contributed by atoms with Crippen LogP contribution in [0.4, 0.5) is 5.13 Å². The van der Waals surface area contributed by atoms with Gasteiger partial charge in [-0.1, -0.05) is 23.5 Å². The number of hydrogen-bond acceptors (Lipinski definition) is 5. The summed E-state index contributed by atoms with van der Waals surface area (Å²) in [6, 6.07) is 7.85. The fraction of sp³-hybridized carbons (Fsp3) is 0.182. The van der Waals surface area contributed by atoms with Crippen LogP contribution in [-0.4, -0.2) is 16.5 Å². The van der Waals surface area contributed by atoms with Gasteiger partial charge in [-0.3, -0.25) is 10.2 Å². The van der Waals surface area contributed by atoms with Crippen LogP contribution >= 0.6 is 11.3 Å². The van der Waals surface area contributed by atoms with Gasteiger partial charge in [-0.2, -0.15) is 5.10 Å². The minimum absolute atomic E-state index is 0.0476. The molecule has 0 amide bonds. The Morgan fingerprint density at radius 1 is 1.38 bits per heavy atom. The number of fused-ring (bicyclic) bond motifs is 1. The Labute approximate surface area is 97.0 Å². The van der Waals surface area contributed by atoms with Gasteiger partial charge in [-0.25, -0.2) is 4.98 Å². The predicted octanol–water partition coefficient (Wildman–Crippen LogP) is 2.67. The van der Waals surface area contributed by atoms with Crippen LogP contribution in [0.15, 0.2) is 29.4 Å². The Morgan fingerprint density at radius 3 is 2.81 bits per heavy atom. The number of anilines is 1. The van der Waals surface area contributed by atoms with Crippen molar-refractivity contribution in [2.75, 3.05) is 5.43 Å². The number of hydrogen-bond donors (Lipinski definition) is 1. The van der Waals surface area contributed by atoms with Crippen molar-refractivity contribution in [3.05, 3.63) is 24.3 Å². The van der Waals surface area contributed by atoms with Crippen molar-refractivity contribution < 1.29 is 4.79 Å². The lowest BCUT2D eigenvalue weighted by Gasteiger charge is -1.94. The van der Waals surface area contributed by atoms with Gasteiger partial charge in [-0.15, -0.1) is 0 Å². The zero-order valence-electron chi connectivity index (χ0n) is 9.02. The van der Waals surface area contributed by atoms with Crippen LogP contribution in [0, 0.1) is 0 Å². The number of Topliss-reactive ketones (excluding diaryl/α,β-unsaturated/α-hetero) is 1. The van der Waals surface area contributed by atoms with Crippen LogP contribution in [0.5, 0.6) is 0 Å². The van der Waals surface area contributed by atoms with Gasteiger partial charge in [0.2, 0.25) is 5.13 Å². The SMILES string of the molecule is CC(=O)/C(C)=N/Nc1nc2ccccc2s1. The third-order valence-corrected chi connectivity index (χ3v) is 3.06. The standard InChI is InChI=1S/C11H11N3OS/c1-7(8(2)15)13-14-11-12-9-5-3-4-6-10(9)16-11/h3-6H,1-2H3,(H,12,14)/b13-7+. The van der Waals surface area contributed by atoms with Gasteiger partial charge in [0, 0.05) is 6.92 Å². The first-order valence-corrected chi connectivity index (χ1v) is 5.65. The number of thiazole rings is 1. The zero-order valence-corrected chi connectivity index (χ0v) is 9.84. The Hall–Kier alpha value is -1.75. The zero-order chi connectivity index (χ0) is 11.5. The monoisotopic (exact) mass is 233 g/mol. The lowest BCUT2D eigenvalue weighted by molar-refractivity contribution is -0.111. The molecule has 0 aliphatic heterocycles. The van der Waals surface area contributed by atoms with Gasteiger partial charge in [0.25, 0.3) is 0 Å². The molecule has 1 heterocycles. The summed E-state index contributed by atoms with van der Waals surface area (Å²) >= 11 is 1.51. The summed E-state index contributed by atoms with van der Waals surface area (Å²) < 4.78 is 1.10. The van der Waals surface area contributed by atoms with Crippen LogP contribution in [0.1, 0.15) is 13.8 Å². The molecule has 1 aromatic heterocycles.